The van der Waals surface area contributed by atoms with E-state index in [0.29, 0.717) is 5.56 Å². The normalized spacial score (nSPS) is 11.6. The van der Waals surface area contributed by atoms with E-state index in [1.807, 2.05) is 0 Å². The van der Waals surface area contributed by atoms with Gasteiger partial charge in [-0.25, -0.2) is 9.18 Å². The molecule has 2 aromatic carbocycles. The van der Waals surface area contributed by atoms with Crippen LogP contribution in [0.2, 0.25) is 0 Å². The topological polar surface area (TPSA) is 70.4 Å². The second-order valence-corrected chi connectivity index (χ2v) is 4.69. The molecule has 0 aromatic heterocycles. The maximum absolute atomic E-state index is 13.0. The lowest BCUT2D eigenvalue weighted by atomic mass is 9.98. The molecule has 0 spiro atoms. The van der Waals surface area contributed by atoms with Gasteiger partial charge in [0.25, 0.3) is 0 Å². The highest BCUT2D eigenvalue weighted by atomic mass is 19.1. The van der Waals surface area contributed by atoms with Crippen molar-refractivity contribution in [3.05, 3.63) is 77.1 Å². The molecular formula is C18H16FNO3. The number of aliphatic hydroxyl groups is 1. The first-order chi connectivity index (χ1) is 11.0. The fourth-order valence-electron chi connectivity index (χ4n) is 2.02. The molecule has 2 N–H and O–H groups in total. The summed E-state index contributed by atoms with van der Waals surface area (Å²) in [6.07, 6.45) is 0. The van der Waals surface area contributed by atoms with E-state index in [4.69, 9.17) is 10.1 Å². The molecular weight excluding hydrogens is 297 g/mol. The van der Waals surface area contributed by atoms with Gasteiger partial charge in [0.05, 0.1) is 12.3 Å². The molecule has 0 amide bonds. The Kier molecular flexibility index (Phi) is 5.25. The number of hydrogen-bond donors (Lipinski definition) is 2. The largest absolute Gasteiger partial charge is 0.506 e. The van der Waals surface area contributed by atoms with E-state index in [1.54, 1.807) is 37.3 Å². The van der Waals surface area contributed by atoms with Gasteiger partial charge in [-0.1, -0.05) is 30.3 Å². The van der Waals surface area contributed by atoms with E-state index in [-0.39, 0.29) is 23.5 Å². The summed E-state index contributed by atoms with van der Waals surface area (Å²) in [6, 6.07) is 13.5. The van der Waals surface area contributed by atoms with Crippen molar-refractivity contribution in [2.24, 2.45) is 0 Å². The number of benzene rings is 2. The minimum atomic E-state index is -0.803. The number of halogens is 1. The SMILES string of the molecule is CCOC(=O)/C(C(=N)c1ccccc1)=C(/O)c1ccc(F)cc1. The lowest BCUT2D eigenvalue weighted by Gasteiger charge is -2.12. The number of nitrogens with one attached hydrogen (secondary N) is 1. The Bertz CT molecular complexity index is 737. The van der Waals surface area contributed by atoms with Crippen molar-refractivity contribution in [1.82, 2.24) is 0 Å². The van der Waals surface area contributed by atoms with Crippen molar-refractivity contribution < 1.29 is 19.0 Å². The molecule has 0 aliphatic carbocycles. The van der Waals surface area contributed by atoms with Gasteiger partial charge in [0.15, 0.2) is 0 Å². The van der Waals surface area contributed by atoms with Crippen LogP contribution in [0.3, 0.4) is 0 Å². The standard InChI is InChI=1S/C18H16FNO3/c1-2-23-18(22)15(16(20)12-6-4-3-5-7-12)17(21)13-8-10-14(19)11-9-13/h3-11,20-21H,2H2,1H3/b17-15+,20-16?. The molecule has 0 saturated carbocycles. The van der Waals surface area contributed by atoms with E-state index in [1.165, 1.54) is 24.3 Å². The van der Waals surface area contributed by atoms with Crippen LogP contribution in [0.15, 0.2) is 60.2 Å². The van der Waals surface area contributed by atoms with Crippen molar-refractivity contribution in [2.45, 2.75) is 6.92 Å². The third-order valence-corrected chi connectivity index (χ3v) is 3.15. The van der Waals surface area contributed by atoms with Crippen LogP contribution in [0.5, 0.6) is 0 Å². The molecule has 0 atom stereocenters. The molecule has 0 heterocycles. The van der Waals surface area contributed by atoms with Gasteiger partial charge in [0.2, 0.25) is 0 Å². The maximum atomic E-state index is 13.0. The van der Waals surface area contributed by atoms with E-state index in [9.17, 15) is 14.3 Å². The van der Waals surface area contributed by atoms with Crippen molar-refractivity contribution in [3.8, 4) is 0 Å². The predicted octanol–water partition coefficient (Wildman–Crippen LogP) is 3.73. The fraction of sp³-hybridized carbons (Fsp3) is 0.111. The average molecular weight is 313 g/mol. The number of rotatable bonds is 5. The Hall–Kier alpha value is -2.95. The van der Waals surface area contributed by atoms with Gasteiger partial charge < -0.3 is 9.84 Å². The summed E-state index contributed by atoms with van der Waals surface area (Å²) in [4.78, 5) is 12.2. The quantitative estimate of drug-likeness (QED) is 0.382. The Balaban J connectivity index is 2.53. The number of hydrogen-bond acceptors (Lipinski definition) is 4. The highest BCUT2D eigenvalue weighted by molar-refractivity contribution is 6.28. The number of aliphatic hydroxyl groups excluding tert-OH is 1. The van der Waals surface area contributed by atoms with Crippen LogP contribution in [-0.4, -0.2) is 23.4 Å². The van der Waals surface area contributed by atoms with Crippen LogP contribution in [0, 0.1) is 11.2 Å². The van der Waals surface area contributed by atoms with Gasteiger partial charge in [0.1, 0.15) is 17.1 Å². The third kappa shape index (κ3) is 3.83. The first-order valence-corrected chi connectivity index (χ1v) is 7.05. The van der Waals surface area contributed by atoms with Crippen molar-refractivity contribution in [1.29, 1.82) is 5.41 Å². The van der Waals surface area contributed by atoms with Crippen LogP contribution in [0.25, 0.3) is 5.76 Å². The molecule has 0 unspecified atom stereocenters. The number of esters is 1. The van der Waals surface area contributed by atoms with E-state index in [0.717, 1.165) is 0 Å². The first kappa shape index (κ1) is 16.4. The molecule has 23 heavy (non-hydrogen) atoms. The van der Waals surface area contributed by atoms with Gasteiger partial charge >= 0.3 is 5.97 Å². The van der Waals surface area contributed by atoms with Crippen LogP contribution >= 0.6 is 0 Å². The highest BCUT2D eigenvalue weighted by Gasteiger charge is 2.23. The Morgan fingerprint density at radius 1 is 1.09 bits per heavy atom. The zero-order valence-corrected chi connectivity index (χ0v) is 12.5. The van der Waals surface area contributed by atoms with Gasteiger partial charge in [-0.2, -0.15) is 0 Å². The summed E-state index contributed by atoms with van der Waals surface area (Å²) in [7, 11) is 0. The summed E-state index contributed by atoms with van der Waals surface area (Å²) in [6.45, 7) is 1.75. The summed E-state index contributed by atoms with van der Waals surface area (Å²) in [5.74, 6) is -1.68. The second kappa shape index (κ2) is 7.35. The molecule has 0 aliphatic rings. The molecule has 5 heteroatoms. The van der Waals surface area contributed by atoms with Crippen LogP contribution in [0.4, 0.5) is 4.39 Å². The zero-order valence-electron chi connectivity index (χ0n) is 12.5. The van der Waals surface area contributed by atoms with Crippen molar-refractivity contribution >= 4 is 17.4 Å². The number of carbonyl (C=O) groups excluding carboxylic acids is 1. The Morgan fingerprint density at radius 3 is 2.26 bits per heavy atom. The van der Waals surface area contributed by atoms with Gasteiger partial charge in [0, 0.05) is 11.1 Å². The number of ether oxygens (including phenoxy) is 1. The van der Waals surface area contributed by atoms with Gasteiger partial charge in [-0.3, -0.25) is 5.41 Å². The van der Waals surface area contributed by atoms with Gasteiger partial charge in [-0.05, 0) is 31.2 Å². The Morgan fingerprint density at radius 2 is 1.70 bits per heavy atom. The molecule has 0 radical (unpaired) electrons. The van der Waals surface area contributed by atoms with Crippen molar-refractivity contribution in [3.63, 3.8) is 0 Å². The summed E-state index contributed by atoms with van der Waals surface area (Å²) in [5.41, 5.74) is 0.273. The highest BCUT2D eigenvalue weighted by Crippen LogP contribution is 2.21. The minimum Gasteiger partial charge on any atom is -0.506 e. The molecule has 2 rings (SSSR count). The molecule has 0 bridgehead atoms. The monoisotopic (exact) mass is 313 g/mol. The lowest BCUT2D eigenvalue weighted by Crippen LogP contribution is -2.18. The zero-order chi connectivity index (χ0) is 16.8. The fourth-order valence-corrected chi connectivity index (χ4v) is 2.02. The van der Waals surface area contributed by atoms with E-state index >= 15 is 0 Å². The summed E-state index contributed by atoms with van der Waals surface area (Å²) < 4.78 is 18.0. The Labute approximate surface area is 133 Å². The maximum Gasteiger partial charge on any atom is 0.344 e. The van der Waals surface area contributed by atoms with Crippen LogP contribution < -0.4 is 0 Å². The average Bonchev–Trinajstić information content (AvgIpc) is 2.56. The molecule has 118 valence electrons. The van der Waals surface area contributed by atoms with Crippen LogP contribution in [0.1, 0.15) is 18.1 Å². The molecule has 4 nitrogen and oxygen atoms in total. The van der Waals surface area contributed by atoms with Crippen LogP contribution in [-0.2, 0) is 9.53 Å². The van der Waals surface area contributed by atoms with Gasteiger partial charge in [-0.15, -0.1) is 0 Å². The molecule has 0 saturated heterocycles. The lowest BCUT2D eigenvalue weighted by molar-refractivity contribution is -0.137. The minimum absolute atomic E-state index is 0.112. The second-order valence-electron chi connectivity index (χ2n) is 4.69. The van der Waals surface area contributed by atoms with Crippen molar-refractivity contribution in [2.75, 3.05) is 6.61 Å². The third-order valence-electron chi connectivity index (χ3n) is 3.15. The predicted molar refractivity (Wildman–Crippen MR) is 85.9 cm³/mol. The smallest absolute Gasteiger partial charge is 0.344 e. The number of carbonyl (C=O) groups is 1. The molecule has 0 aliphatic heterocycles. The summed E-state index contributed by atoms with van der Waals surface area (Å²) in [5, 5.41) is 18.6. The molecule has 0 fully saturated rings. The molecule has 2 aromatic rings. The van der Waals surface area contributed by atoms with E-state index < -0.39 is 17.5 Å². The van der Waals surface area contributed by atoms with E-state index in [2.05, 4.69) is 0 Å². The summed E-state index contributed by atoms with van der Waals surface area (Å²) >= 11 is 0. The first-order valence-electron chi connectivity index (χ1n) is 7.05.